The molecule has 0 unspecified atom stereocenters. The van der Waals surface area contributed by atoms with Crippen LogP contribution in [0.15, 0.2) is 48.5 Å². The monoisotopic (exact) mass is 402 g/mol. The van der Waals surface area contributed by atoms with Crippen LogP contribution in [0.2, 0.25) is 0 Å². The Morgan fingerprint density at radius 3 is 1.42 bits per heavy atom. The van der Waals surface area contributed by atoms with Gasteiger partial charge in [-0.1, -0.05) is 0 Å². The van der Waals surface area contributed by atoms with Crippen molar-refractivity contribution in [2.75, 3.05) is 30.5 Å². The molecule has 2 aromatic rings. The van der Waals surface area contributed by atoms with E-state index in [4.69, 9.17) is 26.8 Å². The van der Waals surface area contributed by atoms with Gasteiger partial charge in [-0.3, -0.25) is 0 Å². The number of aliphatic hydroxyl groups is 1. The first kappa shape index (κ1) is 25.3. The predicted octanol–water partition coefficient (Wildman–Crippen LogP) is 1.41. The zero-order valence-electron chi connectivity index (χ0n) is 16.9. The Morgan fingerprint density at radius 1 is 0.846 bits per heavy atom. The molecule has 0 saturated carbocycles. The maximum atomic E-state index is 7.57. The fourth-order valence-electron chi connectivity index (χ4n) is 1.90. The van der Waals surface area contributed by atoms with Crippen LogP contribution < -0.4 is 71.5 Å². The molecule has 0 radical (unpaired) electrons. The smallest absolute Gasteiger partial charge is 1.00 e. The third kappa shape index (κ3) is 10.5. The van der Waals surface area contributed by atoms with Gasteiger partial charge in [0.05, 0.1) is 13.2 Å². The topological polar surface area (TPSA) is 62.8 Å². The normalized spacial score (nSPS) is 9.08. The average molecular weight is 403 g/mol. The molecule has 26 heavy (non-hydrogen) atoms. The van der Waals surface area contributed by atoms with Crippen LogP contribution in [0.4, 0.5) is 11.4 Å². The number of rotatable bonds is 6. The second-order valence-electron chi connectivity index (χ2n) is 4.81. The van der Waals surface area contributed by atoms with Gasteiger partial charge in [0.15, 0.2) is 5.11 Å². The first-order valence-corrected chi connectivity index (χ1v) is 8.68. The van der Waals surface area contributed by atoms with E-state index in [2.05, 4.69) is 10.6 Å². The van der Waals surface area contributed by atoms with E-state index >= 15 is 0 Å². The van der Waals surface area contributed by atoms with Crippen molar-refractivity contribution in [1.29, 1.82) is 0 Å². The molecule has 0 saturated heterocycles. The van der Waals surface area contributed by atoms with Gasteiger partial charge in [-0.2, -0.15) is 0 Å². The van der Waals surface area contributed by atoms with E-state index in [9.17, 15) is 0 Å². The summed E-state index contributed by atoms with van der Waals surface area (Å²) in [7, 11) is 0. The van der Waals surface area contributed by atoms with Crippen LogP contribution in [0.1, 0.15) is 22.2 Å². The van der Waals surface area contributed by atoms with E-state index in [1.165, 1.54) is 0 Å². The molecule has 0 fully saturated rings. The van der Waals surface area contributed by atoms with Crippen molar-refractivity contribution in [3.63, 3.8) is 0 Å². The molecule has 2 rings (SSSR count). The minimum atomic E-state index is 0. The molecule has 0 amide bonds. The van der Waals surface area contributed by atoms with E-state index < -0.39 is 0 Å². The van der Waals surface area contributed by atoms with E-state index in [1.807, 2.05) is 62.4 Å². The number of hydrogen-bond acceptors (Lipinski definition) is 4. The van der Waals surface area contributed by atoms with E-state index in [-0.39, 0.29) is 59.4 Å². The number of thiocarbonyl (C=S) groups is 1. The molecule has 0 heterocycles. The Bertz CT molecular complexity index is 574. The summed E-state index contributed by atoms with van der Waals surface area (Å²) in [6.07, 6.45) is 0. The zero-order chi connectivity index (χ0) is 18.5. The third-order valence-electron chi connectivity index (χ3n) is 2.85. The standard InChI is InChI=1S/C17H20N2O2S.C2H6O.K.H/c1-3-20-15-9-5-13(6-10-15)18-17(22)19-14-7-11-16(12-8-14)21-4-2;1-2-3;;/h5-12H,3-4H2,1-2H3,(H2,18,19,22);3H,2H2,1H3;;/q;;+1;-1. The molecule has 0 bridgehead atoms. The van der Waals surface area contributed by atoms with Crippen molar-refractivity contribution >= 4 is 28.7 Å². The Morgan fingerprint density at radius 2 is 1.15 bits per heavy atom. The first-order valence-electron chi connectivity index (χ1n) is 8.27. The van der Waals surface area contributed by atoms with Crippen LogP contribution >= 0.6 is 12.2 Å². The van der Waals surface area contributed by atoms with Gasteiger partial charge in [-0.15, -0.1) is 0 Å². The van der Waals surface area contributed by atoms with Gasteiger partial charge in [0, 0.05) is 18.0 Å². The van der Waals surface area contributed by atoms with Crippen molar-refractivity contribution in [1.82, 2.24) is 0 Å². The van der Waals surface area contributed by atoms with Gasteiger partial charge in [-0.05, 0) is 81.5 Å². The van der Waals surface area contributed by atoms with Crippen molar-refractivity contribution < 1.29 is 67.4 Å². The summed E-state index contributed by atoms with van der Waals surface area (Å²) in [5, 5.41) is 14.4. The molecule has 5 nitrogen and oxygen atoms in total. The summed E-state index contributed by atoms with van der Waals surface area (Å²) < 4.78 is 10.8. The zero-order valence-corrected chi connectivity index (χ0v) is 19.9. The number of ether oxygens (including phenoxy) is 2. The van der Waals surface area contributed by atoms with E-state index in [0.717, 1.165) is 22.9 Å². The number of hydrogen-bond donors (Lipinski definition) is 3. The second kappa shape index (κ2) is 15.4. The molecular formula is C19H27KN2O3S. The fourth-order valence-corrected chi connectivity index (χ4v) is 2.13. The van der Waals surface area contributed by atoms with Gasteiger partial charge in [0.2, 0.25) is 0 Å². The summed E-state index contributed by atoms with van der Waals surface area (Å²) >= 11 is 5.30. The van der Waals surface area contributed by atoms with Crippen LogP contribution in [0.5, 0.6) is 11.5 Å². The molecule has 3 N–H and O–H groups in total. The van der Waals surface area contributed by atoms with Crippen LogP contribution in [-0.2, 0) is 0 Å². The Balaban J connectivity index is 0. The SMILES string of the molecule is CCO.CCOc1ccc(NC(=S)Nc2ccc(OCC)cc2)cc1.[H-].[K+]. The minimum Gasteiger partial charge on any atom is -1.00 e. The molecule has 0 atom stereocenters. The van der Waals surface area contributed by atoms with Gasteiger partial charge in [-0.25, -0.2) is 0 Å². The van der Waals surface area contributed by atoms with E-state index in [1.54, 1.807) is 6.92 Å². The van der Waals surface area contributed by atoms with Gasteiger partial charge in [0.1, 0.15) is 11.5 Å². The molecule has 2 aromatic carbocycles. The second-order valence-corrected chi connectivity index (χ2v) is 5.22. The summed E-state index contributed by atoms with van der Waals surface area (Å²) in [6.45, 7) is 7.17. The fraction of sp³-hybridized carbons (Fsp3) is 0.316. The predicted molar refractivity (Wildman–Crippen MR) is 109 cm³/mol. The average Bonchev–Trinajstić information content (AvgIpc) is 2.60. The van der Waals surface area contributed by atoms with Crippen LogP contribution in [0, 0.1) is 0 Å². The van der Waals surface area contributed by atoms with Crippen molar-refractivity contribution in [2.45, 2.75) is 20.8 Å². The molecule has 0 aliphatic carbocycles. The molecule has 0 aliphatic heterocycles. The quantitative estimate of drug-likeness (QED) is 0.502. The van der Waals surface area contributed by atoms with Gasteiger partial charge >= 0.3 is 51.4 Å². The van der Waals surface area contributed by atoms with Crippen molar-refractivity contribution in [2.24, 2.45) is 0 Å². The van der Waals surface area contributed by atoms with Crippen LogP contribution in [0.25, 0.3) is 0 Å². The maximum absolute atomic E-state index is 7.57. The summed E-state index contributed by atoms with van der Waals surface area (Å²) in [5.41, 5.74) is 1.82. The molecule has 0 aliphatic rings. The minimum absolute atomic E-state index is 0. The third-order valence-corrected chi connectivity index (χ3v) is 3.05. The van der Waals surface area contributed by atoms with Crippen molar-refractivity contribution in [3.8, 4) is 11.5 Å². The number of aliphatic hydroxyl groups excluding tert-OH is 1. The van der Waals surface area contributed by atoms with E-state index in [0.29, 0.717) is 18.3 Å². The molecule has 138 valence electrons. The summed E-state index contributed by atoms with van der Waals surface area (Å²) in [5.74, 6) is 1.69. The Hall–Kier alpha value is -0.674. The molecule has 0 spiro atoms. The molecular weight excluding hydrogens is 375 g/mol. The number of benzene rings is 2. The molecule has 0 aromatic heterocycles. The Labute approximate surface area is 205 Å². The Kier molecular flexibility index (Phi) is 15.0. The van der Waals surface area contributed by atoms with Crippen molar-refractivity contribution in [3.05, 3.63) is 48.5 Å². The van der Waals surface area contributed by atoms with Crippen LogP contribution in [-0.4, -0.2) is 30.0 Å². The summed E-state index contributed by atoms with van der Waals surface area (Å²) in [4.78, 5) is 0. The maximum Gasteiger partial charge on any atom is 1.00 e. The first-order chi connectivity index (χ1) is 12.1. The molecule has 7 heteroatoms. The number of anilines is 2. The largest absolute Gasteiger partial charge is 1.00 e. The van der Waals surface area contributed by atoms with Crippen LogP contribution in [0.3, 0.4) is 0 Å². The van der Waals surface area contributed by atoms with Gasteiger partial charge in [0.25, 0.3) is 0 Å². The van der Waals surface area contributed by atoms with Gasteiger partial charge < -0.3 is 26.6 Å². The summed E-state index contributed by atoms with van der Waals surface area (Å²) in [6, 6.07) is 15.3. The number of nitrogens with one attached hydrogen (secondary N) is 2.